The standard InChI is InChI=1S/C22H26ClN3O2/c23-19-8-7-18(20-17(19)6-5-11-24-20)22(28)26-14-9-16(10-15-26)21(27)25-12-3-1-2-4-13-25/h5-8,11,16H,1-4,9-10,12-15H2. The lowest BCUT2D eigenvalue weighted by Crippen LogP contribution is -2.44. The highest BCUT2D eigenvalue weighted by molar-refractivity contribution is 6.36. The maximum absolute atomic E-state index is 13.1. The molecule has 0 spiro atoms. The zero-order valence-corrected chi connectivity index (χ0v) is 16.8. The van der Waals surface area contributed by atoms with Gasteiger partial charge in [-0.3, -0.25) is 14.6 Å². The van der Waals surface area contributed by atoms with Crippen molar-refractivity contribution in [3.63, 3.8) is 0 Å². The largest absolute Gasteiger partial charge is 0.342 e. The summed E-state index contributed by atoms with van der Waals surface area (Å²) in [5.74, 6) is 0.302. The molecule has 2 saturated heterocycles. The number of halogens is 1. The van der Waals surface area contributed by atoms with Crippen molar-refractivity contribution >= 4 is 34.3 Å². The number of carbonyl (C=O) groups excluding carboxylic acids is 2. The van der Waals surface area contributed by atoms with Crippen LogP contribution in [0.5, 0.6) is 0 Å². The first-order chi connectivity index (χ1) is 13.6. The number of pyridine rings is 1. The van der Waals surface area contributed by atoms with Gasteiger partial charge in [-0.25, -0.2) is 0 Å². The minimum Gasteiger partial charge on any atom is -0.342 e. The molecule has 3 heterocycles. The van der Waals surface area contributed by atoms with E-state index in [4.69, 9.17) is 11.6 Å². The van der Waals surface area contributed by atoms with Crippen LogP contribution >= 0.6 is 11.6 Å². The highest BCUT2D eigenvalue weighted by Crippen LogP contribution is 2.28. The van der Waals surface area contributed by atoms with Crippen LogP contribution in [-0.4, -0.2) is 52.8 Å². The summed E-state index contributed by atoms with van der Waals surface area (Å²) in [6, 6.07) is 7.22. The van der Waals surface area contributed by atoms with Gasteiger partial charge < -0.3 is 9.80 Å². The maximum Gasteiger partial charge on any atom is 0.256 e. The molecule has 0 N–H and O–H groups in total. The van der Waals surface area contributed by atoms with Crippen LogP contribution in [0.15, 0.2) is 30.5 Å². The van der Waals surface area contributed by atoms with Gasteiger partial charge in [-0.2, -0.15) is 0 Å². The average Bonchev–Trinajstić information content (AvgIpc) is 3.03. The first-order valence-corrected chi connectivity index (χ1v) is 10.6. The molecule has 2 aliphatic heterocycles. The number of aromatic nitrogens is 1. The fraction of sp³-hybridized carbons (Fsp3) is 0.500. The van der Waals surface area contributed by atoms with Gasteiger partial charge in [0.1, 0.15) is 0 Å². The van der Waals surface area contributed by atoms with E-state index >= 15 is 0 Å². The number of piperidine rings is 1. The number of amides is 2. The van der Waals surface area contributed by atoms with Crippen molar-refractivity contribution in [3.8, 4) is 0 Å². The van der Waals surface area contributed by atoms with Crippen LogP contribution < -0.4 is 0 Å². The van der Waals surface area contributed by atoms with Crippen molar-refractivity contribution in [1.82, 2.24) is 14.8 Å². The molecule has 2 aromatic rings. The number of likely N-dealkylation sites (tertiary alicyclic amines) is 2. The van der Waals surface area contributed by atoms with E-state index in [-0.39, 0.29) is 17.7 Å². The van der Waals surface area contributed by atoms with Crippen molar-refractivity contribution in [3.05, 3.63) is 41.0 Å². The van der Waals surface area contributed by atoms with E-state index in [1.807, 2.05) is 21.9 Å². The lowest BCUT2D eigenvalue weighted by molar-refractivity contribution is -0.136. The number of hydrogen-bond acceptors (Lipinski definition) is 3. The van der Waals surface area contributed by atoms with Gasteiger partial charge in [0.15, 0.2) is 0 Å². The van der Waals surface area contributed by atoms with Crippen LogP contribution in [0.4, 0.5) is 0 Å². The van der Waals surface area contributed by atoms with Gasteiger partial charge in [0.25, 0.3) is 5.91 Å². The number of rotatable bonds is 2. The Hall–Kier alpha value is -2.14. The second kappa shape index (κ2) is 8.48. The van der Waals surface area contributed by atoms with Crippen molar-refractivity contribution in [2.24, 2.45) is 5.92 Å². The summed E-state index contributed by atoms with van der Waals surface area (Å²) < 4.78 is 0. The minimum absolute atomic E-state index is 0.0268. The number of hydrogen-bond donors (Lipinski definition) is 0. The third kappa shape index (κ3) is 3.86. The molecule has 2 amide bonds. The normalized spacial score (nSPS) is 18.9. The molecule has 0 atom stereocenters. The van der Waals surface area contributed by atoms with E-state index in [2.05, 4.69) is 4.98 Å². The highest BCUT2D eigenvalue weighted by atomic mass is 35.5. The van der Waals surface area contributed by atoms with Gasteiger partial charge in [-0.15, -0.1) is 0 Å². The summed E-state index contributed by atoms with van der Waals surface area (Å²) in [6.45, 7) is 3.00. The molecule has 0 saturated carbocycles. The Morgan fingerprint density at radius 2 is 1.64 bits per heavy atom. The molecule has 4 rings (SSSR count). The highest BCUT2D eigenvalue weighted by Gasteiger charge is 2.31. The Morgan fingerprint density at radius 3 is 2.36 bits per heavy atom. The smallest absolute Gasteiger partial charge is 0.256 e. The van der Waals surface area contributed by atoms with Crippen LogP contribution in [-0.2, 0) is 4.79 Å². The predicted octanol–water partition coefficient (Wildman–Crippen LogP) is 4.14. The summed E-state index contributed by atoms with van der Waals surface area (Å²) in [4.78, 5) is 34.2. The van der Waals surface area contributed by atoms with Gasteiger partial charge in [0.2, 0.25) is 5.91 Å². The molecule has 5 nitrogen and oxygen atoms in total. The van der Waals surface area contributed by atoms with E-state index in [0.29, 0.717) is 29.2 Å². The fourth-order valence-corrected chi connectivity index (χ4v) is 4.58. The van der Waals surface area contributed by atoms with Gasteiger partial charge in [-0.1, -0.05) is 24.4 Å². The van der Waals surface area contributed by atoms with Crippen LogP contribution in [0.1, 0.15) is 48.9 Å². The molecule has 28 heavy (non-hydrogen) atoms. The molecule has 1 aromatic carbocycles. The van der Waals surface area contributed by atoms with E-state index in [1.165, 1.54) is 12.8 Å². The monoisotopic (exact) mass is 399 g/mol. The first kappa shape index (κ1) is 19.2. The van der Waals surface area contributed by atoms with Crippen molar-refractivity contribution < 1.29 is 9.59 Å². The Bertz CT molecular complexity index is 869. The third-order valence-corrected chi connectivity index (χ3v) is 6.33. The summed E-state index contributed by atoms with van der Waals surface area (Å²) in [6.07, 6.45) is 7.82. The number of fused-ring (bicyclic) bond motifs is 1. The molecule has 0 aliphatic carbocycles. The van der Waals surface area contributed by atoms with E-state index in [0.717, 1.165) is 44.2 Å². The Labute approximate surface area is 170 Å². The van der Waals surface area contributed by atoms with E-state index in [9.17, 15) is 9.59 Å². The van der Waals surface area contributed by atoms with Crippen LogP contribution in [0.2, 0.25) is 5.02 Å². The zero-order chi connectivity index (χ0) is 19.5. The number of carbonyl (C=O) groups is 2. The minimum atomic E-state index is -0.0268. The first-order valence-electron chi connectivity index (χ1n) is 10.3. The summed E-state index contributed by atoms with van der Waals surface area (Å²) in [5.41, 5.74) is 1.22. The summed E-state index contributed by atoms with van der Waals surface area (Å²) in [5, 5.41) is 1.39. The lowest BCUT2D eigenvalue weighted by atomic mass is 9.94. The second-order valence-corrected chi connectivity index (χ2v) is 8.21. The van der Waals surface area contributed by atoms with E-state index in [1.54, 1.807) is 18.3 Å². The Morgan fingerprint density at radius 1 is 0.929 bits per heavy atom. The molecular weight excluding hydrogens is 374 g/mol. The predicted molar refractivity (Wildman–Crippen MR) is 110 cm³/mol. The van der Waals surface area contributed by atoms with Gasteiger partial charge >= 0.3 is 0 Å². The zero-order valence-electron chi connectivity index (χ0n) is 16.1. The topological polar surface area (TPSA) is 53.5 Å². The number of benzene rings is 1. The second-order valence-electron chi connectivity index (χ2n) is 7.80. The van der Waals surface area contributed by atoms with Gasteiger partial charge in [0.05, 0.1) is 16.1 Å². The average molecular weight is 400 g/mol. The van der Waals surface area contributed by atoms with Crippen LogP contribution in [0.25, 0.3) is 10.9 Å². The molecular formula is C22H26ClN3O2. The molecule has 2 fully saturated rings. The third-order valence-electron chi connectivity index (χ3n) is 6.00. The molecule has 0 radical (unpaired) electrons. The Kier molecular flexibility index (Phi) is 5.81. The maximum atomic E-state index is 13.1. The van der Waals surface area contributed by atoms with Crippen LogP contribution in [0.3, 0.4) is 0 Å². The van der Waals surface area contributed by atoms with Crippen molar-refractivity contribution in [1.29, 1.82) is 0 Å². The quantitative estimate of drug-likeness (QED) is 0.762. The van der Waals surface area contributed by atoms with Crippen LogP contribution in [0, 0.1) is 5.92 Å². The fourth-order valence-electron chi connectivity index (χ4n) is 4.36. The van der Waals surface area contributed by atoms with Gasteiger partial charge in [0, 0.05) is 43.7 Å². The number of nitrogens with zero attached hydrogens (tertiary/aromatic N) is 3. The summed E-state index contributed by atoms with van der Waals surface area (Å²) in [7, 11) is 0. The molecule has 1 aromatic heterocycles. The molecule has 6 heteroatoms. The molecule has 2 aliphatic rings. The Balaban J connectivity index is 1.43. The molecule has 148 valence electrons. The van der Waals surface area contributed by atoms with Crippen molar-refractivity contribution in [2.75, 3.05) is 26.2 Å². The van der Waals surface area contributed by atoms with Crippen molar-refractivity contribution in [2.45, 2.75) is 38.5 Å². The van der Waals surface area contributed by atoms with Gasteiger partial charge in [-0.05, 0) is 49.9 Å². The SMILES string of the molecule is O=C(c1ccc(Cl)c2cccnc12)N1CCC(C(=O)N2CCCCCC2)CC1. The van der Waals surface area contributed by atoms with E-state index < -0.39 is 0 Å². The lowest BCUT2D eigenvalue weighted by Gasteiger charge is -2.34. The summed E-state index contributed by atoms with van der Waals surface area (Å²) >= 11 is 6.25. The molecule has 0 bridgehead atoms. The molecule has 0 unspecified atom stereocenters.